The molecule has 0 fully saturated rings. The Hall–Kier alpha value is -5.06. The number of rotatable bonds is 6. The molecule has 43 heavy (non-hydrogen) atoms. The molecule has 0 bridgehead atoms. The zero-order valence-corrected chi connectivity index (χ0v) is 21.8. The van der Waals surface area contributed by atoms with Crippen molar-refractivity contribution in [2.45, 2.75) is 31.7 Å². The lowest BCUT2D eigenvalue weighted by Gasteiger charge is -2.16. The van der Waals surface area contributed by atoms with Crippen LogP contribution in [0.25, 0.3) is 11.1 Å². The van der Waals surface area contributed by atoms with E-state index in [9.17, 15) is 40.3 Å². The van der Waals surface area contributed by atoms with E-state index in [1.165, 1.54) is 19.1 Å². The molecule has 2 aromatic carbocycles. The Morgan fingerprint density at radius 2 is 1.35 bits per heavy atom. The summed E-state index contributed by atoms with van der Waals surface area (Å²) in [7, 11) is 0. The van der Waals surface area contributed by atoms with Crippen LogP contribution in [0.15, 0.2) is 67.0 Å². The van der Waals surface area contributed by atoms with E-state index in [4.69, 9.17) is 25.5 Å². The molecule has 2 amide bonds. The average Bonchev–Trinajstić information content (AvgIpc) is 2.89. The lowest BCUT2D eigenvalue weighted by molar-refractivity contribution is -0.193. The smallest absolute Gasteiger partial charge is 0.475 e. The van der Waals surface area contributed by atoms with Gasteiger partial charge in [-0.2, -0.15) is 26.3 Å². The monoisotopic (exact) mass is 620 g/mol. The van der Waals surface area contributed by atoms with Gasteiger partial charge in [0.25, 0.3) is 0 Å². The number of nitrogens with one attached hydrogen (secondary N) is 2. The van der Waals surface area contributed by atoms with Crippen LogP contribution < -0.4 is 16.4 Å². The van der Waals surface area contributed by atoms with Gasteiger partial charge in [-0.1, -0.05) is 18.2 Å². The Kier molecular flexibility index (Phi) is 13.2. The first-order valence-electron chi connectivity index (χ1n) is 11.5. The summed E-state index contributed by atoms with van der Waals surface area (Å²) < 4.78 is 76.8. The van der Waals surface area contributed by atoms with Crippen molar-refractivity contribution in [3.63, 3.8) is 0 Å². The molecule has 0 saturated heterocycles. The summed E-state index contributed by atoms with van der Waals surface area (Å²) in [5, 5.41) is 19.7. The van der Waals surface area contributed by atoms with Crippen molar-refractivity contribution in [2.24, 2.45) is 5.73 Å². The maximum absolute atomic E-state index is 13.4. The van der Waals surface area contributed by atoms with Crippen LogP contribution in [-0.2, 0) is 25.6 Å². The molecule has 1 aromatic heterocycles. The van der Waals surface area contributed by atoms with Gasteiger partial charge < -0.3 is 26.6 Å². The fourth-order valence-corrected chi connectivity index (χ4v) is 2.91. The molecule has 0 radical (unpaired) electrons. The molecular formula is C26H23F7N4O6. The number of carboxylic acid groups (broad SMARTS) is 2. The first-order chi connectivity index (χ1) is 19.8. The molecule has 6 N–H and O–H groups in total. The van der Waals surface area contributed by atoms with Crippen LogP contribution in [0.2, 0.25) is 0 Å². The van der Waals surface area contributed by atoms with Gasteiger partial charge in [0.05, 0.1) is 17.4 Å². The second-order valence-electron chi connectivity index (χ2n) is 8.21. The normalized spacial score (nSPS) is 11.5. The van der Waals surface area contributed by atoms with E-state index in [1.807, 2.05) is 18.2 Å². The number of hydrogen-bond donors (Lipinski definition) is 5. The van der Waals surface area contributed by atoms with Gasteiger partial charge >= 0.3 is 24.3 Å². The largest absolute Gasteiger partial charge is 0.490 e. The molecule has 0 spiro atoms. The minimum Gasteiger partial charge on any atom is -0.475 e. The second-order valence-corrected chi connectivity index (χ2v) is 8.21. The third kappa shape index (κ3) is 13.4. The number of carbonyl (C=O) groups excluding carboxylic acids is 2. The molecule has 3 aromatic rings. The SMILES string of the molecule is CC(=O)Nc1ccc(-c2ccncc2)cc1NC(=O)[C@H](N)Cc1cccc(F)c1.O=C(O)C(F)(F)F.O=C(O)C(F)(F)F. The van der Waals surface area contributed by atoms with Gasteiger partial charge in [-0.3, -0.25) is 14.6 Å². The van der Waals surface area contributed by atoms with E-state index >= 15 is 0 Å². The first-order valence-corrected chi connectivity index (χ1v) is 11.5. The molecule has 0 saturated carbocycles. The summed E-state index contributed by atoms with van der Waals surface area (Å²) in [6.45, 7) is 1.39. The number of alkyl halides is 6. The van der Waals surface area contributed by atoms with Crippen molar-refractivity contribution in [1.29, 1.82) is 0 Å². The molecule has 232 valence electrons. The van der Waals surface area contributed by atoms with Gasteiger partial charge in [-0.05, 0) is 59.5 Å². The third-order valence-electron chi connectivity index (χ3n) is 4.77. The van der Waals surface area contributed by atoms with Crippen LogP contribution in [0.3, 0.4) is 0 Å². The highest BCUT2D eigenvalue weighted by atomic mass is 19.4. The van der Waals surface area contributed by atoms with Crippen LogP contribution in [-0.4, -0.2) is 57.3 Å². The summed E-state index contributed by atoms with van der Waals surface area (Å²) in [4.78, 5) is 45.9. The Labute approximate surface area is 238 Å². The van der Waals surface area contributed by atoms with E-state index in [-0.39, 0.29) is 18.1 Å². The maximum Gasteiger partial charge on any atom is 0.490 e. The number of amides is 2. The van der Waals surface area contributed by atoms with Crippen molar-refractivity contribution < 1.29 is 60.1 Å². The number of pyridine rings is 1. The summed E-state index contributed by atoms with van der Waals surface area (Å²) in [5.74, 6) is -6.60. The van der Waals surface area contributed by atoms with Gasteiger partial charge in [0, 0.05) is 19.3 Å². The van der Waals surface area contributed by atoms with Crippen molar-refractivity contribution in [1.82, 2.24) is 4.98 Å². The standard InChI is InChI=1S/C22H21FN4O2.2C2HF3O2/c1-14(28)26-20-6-5-17(16-7-9-25-10-8-16)13-21(20)27-22(29)19(24)12-15-3-2-4-18(23)11-15;2*3-2(4,5)1(6)7/h2-11,13,19H,12,24H2,1H3,(H,26,28)(H,27,29);2*(H,6,7)/t19-;;/m1../s1. The number of aromatic nitrogens is 1. The molecule has 3 rings (SSSR count). The topological polar surface area (TPSA) is 172 Å². The third-order valence-corrected chi connectivity index (χ3v) is 4.77. The summed E-state index contributed by atoms with van der Waals surface area (Å²) in [5.41, 5.74) is 9.28. The highest BCUT2D eigenvalue weighted by Crippen LogP contribution is 2.29. The number of benzene rings is 2. The number of anilines is 2. The van der Waals surface area contributed by atoms with Crippen molar-refractivity contribution >= 4 is 35.1 Å². The maximum atomic E-state index is 13.4. The number of halogens is 7. The highest BCUT2D eigenvalue weighted by Gasteiger charge is 2.38. The fourth-order valence-electron chi connectivity index (χ4n) is 2.91. The molecule has 0 aliphatic heterocycles. The predicted octanol–water partition coefficient (Wildman–Crippen LogP) is 4.62. The number of aliphatic carboxylic acids is 2. The zero-order chi connectivity index (χ0) is 33.0. The molecule has 0 aliphatic carbocycles. The van der Waals surface area contributed by atoms with Gasteiger partial charge in [-0.25, -0.2) is 14.0 Å². The fraction of sp³-hybridized carbons (Fsp3) is 0.192. The van der Waals surface area contributed by atoms with Gasteiger partial charge in [0.15, 0.2) is 0 Å². The number of carbonyl (C=O) groups is 4. The van der Waals surface area contributed by atoms with Gasteiger partial charge in [0.1, 0.15) is 5.82 Å². The number of nitrogens with two attached hydrogens (primary N) is 1. The Morgan fingerprint density at radius 3 is 1.81 bits per heavy atom. The van der Waals surface area contributed by atoms with Crippen molar-refractivity contribution in [2.75, 3.05) is 10.6 Å². The van der Waals surface area contributed by atoms with E-state index in [1.54, 1.807) is 36.7 Å². The summed E-state index contributed by atoms with van der Waals surface area (Å²) in [6, 6.07) is 14.1. The van der Waals surface area contributed by atoms with E-state index in [2.05, 4.69) is 15.6 Å². The van der Waals surface area contributed by atoms with Crippen LogP contribution >= 0.6 is 0 Å². The van der Waals surface area contributed by atoms with Crippen LogP contribution in [0.5, 0.6) is 0 Å². The van der Waals surface area contributed by atoms with E-state index in [0.29, 0.717) is 16.9 Å². The van der Waals surface area contributed by atoms with Crippen LogP contribution in [0.4, 0.5) is 42.1 Å². The minimum absolute atomic E-state index is 0.184. The van der Waals surface area contributed by atoms with Gasteiger partial charge in [-0.15, -0.1) is 0 Å². The molecule has 0 unspecified atom stereocenters. The van der Waals surface area contributed by atoms with Crippen molar-refractivity contribution in [3.05, 3.63) is 78.4 Å². The molecule has 17 heteroatoms. The Morgan fingerprint density at radius 1 is 0.814 bits per heavy atom. The van der Waals surface area contributed by atoms with Crippen LogP contribution in [0, 0.1) is 5.82 Å². The molecule has 1 atom stereocenters. The molecular weight excluding hydrogens is 597 g/mol. The van der Waals surface area contributed by atoms with Crippen LogP contribution in [0.1, 0.15) is 12.5 Å². The van der Waals surface area contributed by atoms with Crippen molar-refractivity contribution in [3.8, 4) is 11.1 Å². The molecule has 0 aliphatic rings. The quantitative estimate of drug-likeness (QED) is 0.249. The Bertz CT molecular complexity index is 1390. The molecule has 1 heterocycles. The first kappa shape index (κ1) is 36.0. The summed E-state index contributed by atoms with van der Waals surface area (Å²) >= 11 is 0. The lowest BCUT2D eigenvalue weighted by atomic mass is 10.0. The van der Waals surface area contributed by atoms with Gasteiger partial charge in [0.2, 0.25) is 11.8 Å². The second kappa shape index (κ2) is 15.8. The average molecular weight is 620 g/mol. The number of nitrogens with zero attached hydrogens (tertiary/aromatic N) is 1. The highest BCUT2D eigenvalue weighted by molar-refractivity contribution is 6.01. The number of carboxylic acids is 2. The predicted molar refractivity (Wildman–Crippen MR) is 138 cm³/mol. The van der Waals surface area contributed by atoms with E-state index < -0.39 is 36.2 Å². The Balaban J connectivity index is 0.000000548. The lowest BCUT2D eigenvalue weighted by Crippen LogP contribution is -2.37. The molecule has 10 nitrogen and oxygen atoms in total. The number of hydrogen-bond acceptors (Lipinski definition) is 6. The zero-order valence-electron chi connectivity index (χ0n) is 21.8. The van der Waals surface area contributed by atoms with E-state index in [0.717, 1.165) is 11.1 Å². The summed E-state index contributed by atoms with van der Waals surface area (Å²) in [6.07, 6.45) is -6.64. The minimum atomic E-state index is -5.08.